The Labute approximate surface area is 176 Å². The molecule has 0 aliphatic carbocycles. The number of rotatable bonds is 9. The number of nitrogens with one attached hydrogen (secondary N) is 2. The van der Waals surface area contributed by atoms with E-state index in [4.69, 9.17) is 12.2 Å². The van der Waals surface area contributed by atoms with Crippen molar-refractivity contribution in [3.05, 3.63) is 64.9 Å². The summed E-state index contributed by atoms with van der Waals surface area (Å²) in [5.41, 5.74) is 3.27. The number of para-hydroxylation sites is 1. The van der Waals surface area contributed by atoms with Crippen LogP contribution in [0.2, 0.25) is 0 Å². The number of H-pyrrole nitrogens is 1. The van der Waals surface area contributed by atoms with E-state index in [1.54, 1.807) is 4.57 Å². The Balaban J connectivity index is 1.47. The fourth-order valence-electron chi connectivity index (χ4n) is 3.18. The first kappa shape index (κ1) is 20.8. The van der Waals surface area contributed by atoms with E-state index in [-0.39, 0.29) is 12.5 Å². The molecule has 1 aromatic heterocycles. The number of aromatic nitrogens is 3. The number of unbranched alkanes of at least 4 members (excludes halogenated alkanes) is 1. The lowest BCUT2D eigenvalue weighted by molar-refractivity contribution is -0.121. The van der Waals surface area contributed by atoms with E-state index in [2.05, 4.69) is 39.6 Å². The van der Waals surface area contributed by atoms with Gasteiger partial charge in [0.25, 0.3) is 0 Å². The summed E-state index contributed by atoms with van der Waals surface area (Å²) in [5.74, 6) is 0.617. The molecule has 1 heterocycles. The zero-order valence-electron chi connectivity index (χ0n) is 16.9. The Morgan fingerprint density at radius 2 is 1.97 bits per heavy atom. The van der Waals surface area contributed by atoms with Gasteiger partial charge in [-0.05, 0) is 50.2 Å². The molecule has 0 atom stereocenters. The highest BCUT2D eigenvalue weighted by Crippen LogP contribution is 2.18. The van der Waals surface area contributed by atoms with Crippen molar-refractivity contribution in [2.24, 2.45) is 0 Å². The maximum Gasteiger partial charge on any atom is 0.240 e. The maximum atomic E-state index is 12.4. The van der Waals surface area contributed by atoms with Gasteiger partial charge < -0.3 is 10.2 Å². The van der Waals surface area contributed by atoms with Crippen LogP contribution in [0.1, 0.15) is 18.4 Å². The quantitative estimate of drug-likeness (QED) is 0.415. The van der Waals surface area contributed by atoms with Gasteiger partial charge in [-0.15, -0.1) is 0 Å². The summed E-state index contributed by atoms with van der Waals surface area (Å²) in [6, 6.07) is 18.3. The van der Waals surface area contributed by atoms with Crippen LogP contribution in [0.25, 0.3) is 11.4 Å². The molecule has 0 unspecified atom stereocenters. The van der Waals surface area contributed by atoms with E-state index in [0.29, 0.717) is 17.1 Å². The molecule has 6 nitrogen and oxygen atoms in total. The number of benzene rings is 2. The summed E-state index contributed by atoms with van der Waals surface area (Å²) in [7, 11) is 2.08. The third-order valence-electron chi connectivity index (χ3n) is 4.78. The van der Waals surface area contributed by atoms with Crippen LogP contribution < -0.4 is 10.2 Å². The normalized spacial score (nSPS) is 10.7. The molecule has 1 amide bonds. The molecule has 2 aromatic carbocycles. The van der Waals surface area contributed by atoms with E-state index >= 15 is 0 Å². The number of hydrogen-bond acceptors (Lipinski definition) is 4. The first-order valence-electron chi connectivity index (χ1n) is 9.80. The van der Waals surface area contributed by atoms with Gasteiger partial charge in [0.05, 0.1) is 0 Å². The van der Waals surface area contributed by atoms with Crippen molar-refractivity contribution in [1.82, 2.24) is 20.1 Å². The number of carbonyl (C=O) groups excluding carboxylic acids is 1. The summed E-state index contributed by atoms with van der Waals surface area (Å²) in [6.07, 6.45) is 1.93. The molecule has 0 bridgehead atoms. The highest BCUT2D eigenvalue weighted by molar-refractivity contribution is 7.71. The summed E-state index contributed by atoms with van der Waals surface area (Å²) >= 11 is 5.31. The molecule has 0 radical (unpaired) electrons. The van der Waals surface area contributed by atoms with Crippen LogP contribution in [-0.2, 0) is 11.3 Å². The zero-order chi connectivity index (χ0) is 20.6. The van der Waals surface area contributed by atoms with E-state index in [1.807, 2.05) is 49.4 Å². The van der Waals surface area contributed by atoms with Crippen molar-refractivity contribution >= 4 is 23.8 Å². The zero-order valence-corrected chi connectivity index (χ0v) is 17.7. The molecule has 152 valence electrons. The number of aromatic amines is 1. The highest BCUT2D eigenvalue weighted by atomic mass is 32.1. The van der Waals surface area contributed by atoms with E-state index in [1.165, 1.54) is 5.69 Å². The van der Waals surface area contributed by atoms with Crippen LogP contribution >= 0.6 is 12.2 Å². The largest absolute Gasteiger partial charge is 0.375 e. The lowest BCUT2D eigenvalue weighted by Gasteiger charge is -2.19. The Bertz CT molecular complexity index is 996. The van der Waals surface area contributed by atoms with E-state index in [9.17, 15) is 4.79 Å². The first-order chi connectivity index (χ1) is 14.0. The van der Waals surface area contributed by atoms with Gasteiger partial charge in [0, 0.05) is 31.4 Å². The number of nitrogens with zero attached hydrogens (tertiary/aromatic N) is 3. The van der Waals surface area contributed by atoms with Crippen molar-refractivity contribution in [1.29, 1.82) is 0 Å². The predicted molar refractivity (Wildman–Crippen MR) is 120 cm³/mol. The van der Waals surface area contributed by atoms with Crippen molar-refractivity contribution in [2.75, 3.05) is 25.0 Å². The van der Waals surface area contributed by atoms with Crippen molar-refractivity contribution < 1.29 is 4.79 Å². The molecular formula is C22H27N5OS. The van der Waals surface area contributed by atoms with Gasteiger partial charge in [-0.1, -0.05) is 42.0 Å². The summed E-state index contributed by atoms with van der Waals surface area (Å²) in [6.45, 7) is 3.77. The molecule has 0 spiro atoms. The lowest BCUT2D eigenvalue weighted by Crippen LogP contribution is -2.29. The average molecular weight is 410 g/mol. The fraction of sp³-hybridized carbons (Fsp3) is 0.318. The second kappa shape index (κ2) is 10.0. The van der Waals surface area contributed by atoms with Crippen molar-refractivity contribution in [3.63, 3.8) is 0 Å². The summed E-state index contributed by atoms with van der Waals surface area (Å²) in [5, 5.41) is 10.1. The smallest absolute Gasteiger partial charge is 0.240 e. The van der Waals surface area contributed by atoms with Gasteiger partial charge in [0.15, 0.2) is 10.6 Å². The van der Waals surface area contributed by atoms with Crippen LogP contribution in [-0.4, -0.2) is 40.8 Å². The van der Waals surface area contributed by atoms with E-state index < -0.39 is 0 Å². The standard InChI is InChI=1S/C22H27N5OS/c1-17-9-8-10-18(15-17)21-24-25-22(29)27(21)16-20(28)23-13-6-7-14-26(2)19-11-4-3-5-12-19/h3-5,8-12,15H,6-7,13-14,16H2,1-2H3,(H,23,28)(H,25,29). The molecule has 29 heavy (non-hydrogen) atoms. The number of carbonyl (C=O) groups is 1. The van der Waals surface area contributed by atoms with Gasteiger partial charge in [-0.3, -0.25) is 14.5 Å². The molecule has 3 aromatic rings. The third kappa shape index (κ3) is 5.77. The SMILES string of the molecule is Cc1cccc(-c2n[nH]c(=S)n2CC(=O)NCCCCN(C)c2ccccc2)c1. The van der Waals surface area contributed by atoms with Gasteiger partial charge in [-0.2, -0.15) is 5.10 Å². The molecule has 0 fully saturated rings. The third-order valence-corrected chi connectivity index (χ3v) is 5.09. The second-order valence-corrected chi connectivity index (χ2v) is 7.51. The molecule has 0 saturated carbocycles. The molecule has 0 saturated heterocycles. The summed E-state index contributed by atoms with van der Waals surface area (Å²) < 4.78 is 2.18. The van der Waals surface area contributed by atoms with Gasteiger partial charge in [0.1, 0.15) is 6.54 Å². The highest BCUT2D eigenvalue weighted by Gasteiger charge is 2.12. The second-order valence-electron chi connectivity index (χ2n) is 7.12. The number of anilines is 1. The minimum Gasteiger partial charge on any atom is -0.375 e. The van der Waals surface area contributed by atoms with Gasteiger partial charge >= 0.3 is 0 Å². The predicted octanol–water partition coefficient (Wildman–Crippen LogP) is 3.95. The fourth-order valence-corrected chi connectivity index (χ4v) is 3.38. The van der Waals surface area contributed by atoms with E-state index in [0.717, 1.165) is 30.5 Å². The molecule has 2 N–H and O–H groups in total. The molecule has 3 rings (SSSR count). The number of aryl methyl sites for hydroxylation is 1. The Hall–Kier alpha value is -2.93. The van der Waals surface area contributed by atoms with Crippen LogP contribution in [0.5, 0.6) is 0 Å². The first-order valence-corrected chi connectivity index (χ1v) is 10.2. The minimum atomic E-state index is -0.0622. The van der Waals surface area contributed by atoms with Crippen LogP contribution in [0.15, 0.2) is 54.6 Å². The Kier molecular flexibility index (Phi) is 7.19. The van der Waals surface area contributed by atoms with Gasteiger partial charge in [-0.25, -0.2) is 0 Å². The summed E-state index contributed by atoms with van der Waals surface area (Å²) in [4.78, 5) is 14.6. The number of hydrogen-bond donors (Lipinski definition) is 2. The molecule has 0 aliphatic heterocycles. The minimum absolute atomic E-state index is 0.0622. The number of amides is 1. The van der Waals surface area contributed by atoms with Crippen LogP contribution in [0.4, 0.5) is 5.69 Å². The lowest BCUT2D eigenvalue weighted by atomic mass is 10.1. The topological polar surface area (TPSA) is 66.0 Å². The van der Waals surface area contributed by atoms with Crippen molar-refractivity contribution in [2.45, 2.75) is 26.3 Å². The Morgan fingerprint density at radius 3 is 2.72 bits per heavy atom. The maximum absolute atomic E-state index is 12.4. The molecule has 0 aliphatic rings. The Morgan fingerprint density at radius 1 is 1.17 bits per heavy atom. The van der Waals surface area contributed by atoms with Crippen molar-refractivity contribution in [3.8, 4) is 11.4 Å². The average Bonchev–Trinajstić information content (AvgIpc) is 3.08. The van der Waals surface area contributed by atoms with Gasteiger partial charge in [0.2, 0.25) is 5.91 Å². The van der Waals surface area contributed by atoms with Crippen LogP contribution in [0.3, 0.4) is 0 Å². The molecule has 7 heteroatoms. The van der Waals surface area contributed by atoms with Crippen LogP contribution in [0, 0.1) is 11.7 Å². The molecular weight excluding hydrogens is 382 g/mol. The monoisotopic (exact) mass is 409 g/mol.